The molecule has 1 aromatic carbocycles. The van der Waals surface area contributed by atoms with Gasteiger partial charge in [0.05, 0.1) is 12.8 Å². The number of nitrogens with two attached hydrogens (primary N) is 1. The number of benzene rings is 1. The summed E-state index contributed by atoms with van der Waals surface area (Å²) in [6.45, 7) is 0. The molecule has 5 heteroatoms. The Morgan fingerprint density at radius 1 is 1.27 bits per heavy atom. The van der Waals surface area contributed by atoms with E-state index in [0.29, 0.717) is 16.5 Å². The zero-order chi connectivity index (χ0) is 15.5. The Bertz CT molecular complexity index is 675. The summed E-state index contributed by atoms with van der Waals surface area (Å²) in [5.41, 5.74) is 8.52. The summed E-state index contributed by atoms with van der Waals surface area (Å²) in [6.07, 6.45) is 5.86. The van der Waals surface area contributed by atoms with Crippen LogP contribution in [0.4, 0.5) is 5.69 Å². The van der Waals surface area contributed by atoms with Gasteiger partial charge in [0.15, 0.2) is 0 Å². The third-order valence-electron chi connectivity index (χ3n) is 4.21. The van der Waals surface area contributed by atoms with E-state index >= 15 is 0 Å². The normalized spacial score (nSPS) is 15.7. The number of carbonyl (C=O) groups is 1. The number of rotatable bonds is 3. The summed E-state index contributed by atoms with van der Waals surface area (Å²) in [5.74, 6) is 0.0663. The summed E-state index contributed by atoms with van der Waals surface area (Å²) in [4.78, 5) is 17.5. The zero-order valence-electron chi connectivity index (χ0n) is 12.7. The summed E-state index contributed by atoms with van der Waals surface area (Å²) >= 11 is 1.39. The van der Waals surface area contributed by atoms with Gasteiger partial charge in [-0.1, -0.05) is 31.4 Å². The topological polar surface area (TPSA) is 65.2 Å². The van der Waals surface area contributed by atoms with Crippen molar-refractivity contribution < 1.29 is 9.53 Å². The van der Waals surface area contributed by atoms with Crippen LogP contribution in [-0.4, -0.2) is 18.1 Å². The van der Waals surface area contributed by atoms with Crippen molar-refractivity contribution in [3.63, 3.8) is 0 Å². The Hall–Kier alpha value is -1.88. The second kappa shape index (κ2) is 6.48. The average Bonchev–Trinajstić information content (AvgIpc) is 3.00. The lowest BCUT2D eigenvalue weighted by molar-refractivity contribution is 0.0604. The molecule has 3 rings (SSSR count). The SMILES string of the molecule is COC(=O)c1sc(-c2ccccc2N)nc1C1CCCCC1. The molecular weight excluding hydrogens is 296 g/mol. The number of carbonyl (C=O) groups excluding carboxylic acids is 1. The van der Waals surface area contributed by atoms with Gasteiger partial charge in [-0.05, 0) is 25.0 Å². The molecule has 1 saturated carbocycles. The number of ether oxygens (including phenoxy) is 1. The molecule has 0 bridgehead atoms. The van der Waals surface area contributed by atoms with Crippen molar-refractivity contribution in [3.05, 3.63) is 34.8 Å². The number of esters is 1. The average molecular weight is 316 g/mol. The number of hydrogen-bond acceptors (Lipinski definition) is 5. The molecule has 22 heavy (non-hydrogen) atoms. The fourth-order valence-electron chi connectivity index (χ4n) is 3.03. The zero-order valence-corrected chi connectivity index (χ0v) is 13.5. The summed E-state index contributed by atoms with van der Waals surface area (Å²) < 4.78 is 4.95. The third kappa shape index (κ3) is 2.86. The van der Waals surface area contributed by atoms with Gasteiger partial charge in [-0.2, -0.15) is 0 Å². The van der Waals surface area contributed by atoms with Gasteiger partial charge < -0.3 is 10.5 Å². The van der Waals surface area contributed by atoms with Crippen LogP contribution in [0.5, 0.6) is 0 Å². The van der Waals surface area contributed by atoms with Crippen molar-refractivity contribution in [1.29, 1.82) is 0 Å². The fraction of sp³-hybridized carbons (Fsp3) is 0.412. The minimum atomic E-state index is -0.293. The molecule has 116 valence electrons. The molecule has 1 heterocycles. The maximum atomic E-state index is 12.1. The van der Waals surface area contributed by atoms with E-state index in [-0.39, 0.29) is 5.97 Å². The van der Waals surface area contributed by atoms with Gasteiger partial charge >= 0.3 is 5.97 Å². The van der Waals surface area contributed by atoms with Gasteiger partial charge in [0.2, 0.25) is 0 Å². The Morgan fingerprint density at radius 2 is 2.00 bits per heavy atom. The van der Waals surface area contributed by atoms with Crippen molar-refractivity contribution in [3.8, 4) is 10.6 Å². The predicted molar refractivity (Wildman–Crippen MR) is 89.1 cm³/mol. The predicted octanol–water partition coefficient (Wildman–Crippen LogP) is 4.23. The number of hydrogen-bond donors (Lipinski definition) is 1. The van der Waals surface area contributed by atoms with Gasteiger partial charge in [0, 0.05) is 17.2 Å². The van der Waals surface area contributed by atoms with E-state index in [1.807, 2.05) is 24.3 Å². The highest BCUT2D eigenvalue weighted by Crippen LogP contribution is 2.39. The molecule has 1 aromatic heterocycles. The molecule has 1 aliphatic carbocycles. The highest BCUT2D eigenvalue weighted by Gasteiger charge is 2.27. The molecule has 4 nitrogen and oxygen atoms in total. The maximum Gasteiger partial charge on any atom is 0.350 e. The molecule has 0 unspecified atom stereocenters. The first-order valence-corrected chi connectivity index (χ1v) is 8.46. The maximum absolute atomic E-state index is 12.1. The molecule has 0 saturated heterocycles. The van der Waals surface area contributed by atoms with Crippen LogP contribution in [0.15, 0.2) is 24.3 Å². The van der Waals surface area contributed by atoms with Crippen LogP contribution < -0.4 is 5.73 Å². The highest BCUT2D eigenvalue weighted by molar-refractivity contribution is 7.17. The van der Waals surface area contributed by atoms with Crippen molar-refractivity contribution in [2.24, 2.45) is 0 Å². The van der Waals surface area contributed by atoms with E-state index in [2.05, 4.69) is 0 Å². The largest absolute Gasteiger partial charge is 0.465 e. The number of para-hydroxylation sites is 1. The van der Waals surface area contributed by atoms with E-state index in [9.17, 15) is 4.79 Å². The van der Waals surface area contributed by atoms with Gasteiger partial charge in [-0.3, -0.25) is 0 Å². The van der Waals surface area contributed by atoms with Gasteiger partial charge in [0.25, 0.3) is 0 Å². The van der Waals surface area contributed by atoms with Crippen molar-refractivity contribution in [2.75, 3.05) is 12.8 Å². The molecule has 0 radical (unpaired) electrons. The van der Waals surface area contributed by atoms with Gasteiger partial charge in [0.1, 0.15) is 9.88 Å². The lowest BCUT2D eigenvalue weighted by atomic mass is 9.86. The minimum Gasteiger partial charge on any atom is -0.465 e. The number of thiazole rings is 1. The van der Waals surface area contributed by atoms with E-state index in [1.165, 1.54) is 37.7 Å². The van der Waals surface area contributed by atoms with Crippen LogP contribution in [0.3, 0.4) is 0 Å². The summed E-state index contributed by atoms with van der Waals surface area (Å²) in [6, 6.07) is 7.63. The first-order valence-electron chi connectivity index (χ1n) is 7.64. The molecule has 0 atom stereocenters. The van der Waals surface area contributed by atoms with E-state index in [0.717, 1.165) is 29.1 Å². The molecule has 2 N–H and O–H groups in total. The molecule has 0 amide bonds. The van der Waals surface area contributed by atoms with Gasteiger partial charge in [-0.15, -0.1) is 11.3 Å². The fourth-order valence-corrected chi connectivity index (χ4v) is 4.15. The Kier molecular flexibility index (Phi) is 4.43. The first-order chi connectivity index (χ1) is 10.7. The van der Waals surface area contributed by atoms with E-state index in [1.54, 1.807) is 0 Å². The van der Waals surface area contributed by atoms with Crippen LogP contribution >= 0.6 is 11.3 Å². The van der Waals surface area contributed by atoms with Crippen molar-refractivity contribution in [1.82, 2.24) is 4.98 Å². The van der Waals surface area contributed by atoms with Crippen LogP contribution in [-0.2, 0) is 4.74 Å². The summed E-state index contributed by atoms with van der Waals surface area (Å²) in [7, 11) is 1.42. The molecule has 1 fully saturated rings. The molecule has 2 aromatic rings. The second-order valence-corrected chi connectivity index (χ2v) is 6.65. The Balaban J connectivity index is 2.04. The number of anilines is 1. The Labute approximate surface area is 134 Å². The third-order valence-corrected chi connectivity index (χ3v) is 5.29. The number of nitrogens with zero attached hydrogens (tertiary/aromatic N) is 1. The van der Waals surface area contributed by atoms with E-state index in [4.69, 9.17) is 15.5 Å². The van der Waals surface area contributed by atoms with Crippen LogP contribution in [0.2, 0.25) is 0 Å². The minimum absolute atomic E-state index is 0.293. The van der Waals surface area contributed by atoms with Gasteiger partial charge in [-0.25, -0.2) is 9.78 Å². The lowest BCUT2D eigenvalue weighted by Gasteiger charge is -2.20. The molecule has 0 spiro atoms. The summed E-state index contributed by atoms with van der Waals surface area (Å²) in [5, 5.41) is 0.805. The van der Waals surface area contributed by atoms with Crippen molar-refractivity contribution in [2.45, 2.75) is 38.0 Å². The van der Waals surface area contributed by atoms with Crippen LogP contribution in [0.1, 0.15) is 53.4 Å². The highest BCUT2D eigenvalue weighted by atomic mass is 32.1. The molecular formula is C17H20N2O2S. The Morgan fingerprint density at radius 3 is 2.68 bits per heavy atom. The second-order valence-electron chi connectivity index (χ2n) is 5.65. The lowest BCUT2D eigenvalue weighted by Crippen LogP contribution is -2.10. The standard InChI is InChI=1S/C17H20N2O2S/c1-21-17(20)15-14(11-7-3-2-4-8-11)19-16(22-15)12-9-5-6-10-13(12)18/h5-6,9-11H,2-4,7-8,18H2,1H3. The molecule has 1 aliphatic rings. The molecule has 0 aliphatic heterocycles. The number of methoxy groups -OCH3 is 1. The number of aromatic nitrogens is 1. The van der Waals surface area contributed by atoms with Crippen molar-refractivity contribution >= 4 is 23.0 Å². The number of nitrogen functional groups attached to an aromatic ring is 1. The van der Waals surface area contributed by atoms with Crippen LogP contribution in [0.25, 0.3) is 10.6 Å². The smallest absolute Gasteiger partial charge is 0.350 e. The first kappa shape index (κ1) is 15.0. The quantitative estimate of drug-likeness (QED) is 0.680. The van der Waals surface area contributed by atoms with E-state index < -0.39 is 0 Å². The van der Waals surface area contributed by atoms with Crippen LogP contribution in [0, 0.1) is 0 Å². The monoisotopic (exact) mass is 316 g/mol.